The lowest BCUT2D eigenvalue weighted by atomic mass is 10.0. The number of ether oxygens (including phenoxy) is 1. The Labute approximate surface area is 109 Å². The maximum Gasteiger partial charge on any atom is 0.170 e. The van der Waals surface area contributed by atoms with Gasteiger partial charge in [-0.2, -0.15) is 0 Å². The van der Waals surface area contributed by atoms with E-state index in [1.54, 1.807) is 30.5 Å². The van der Waals surface area contributed by atoms with Gasteiger partial charge in [-0.1, -0.05) is 23.7 Å². The van der Waals surface area contributed by atoms with Gasteiger partial charge in [-0.05, 0) is 18.2 Å². The summed E-state index contributed by atoms with van der Waals surface area (Å²) in [6, 6.07) is 7.43. The standard InChI is InChI=1S/C13H12ClFN2O/c1-18-10-6-2-4-8(11(10)15)12(16)13-9(14)5-3-7-17-13/h2-7,12H,16H2,1H3. The Bertz CT molecular complexity index is 562. The number of benzene rings is 1. The van der Waals surface area contributed by atoms with Crippen molar-refractivity contribution in [1.82, 2.24) is 4.98 Å². The van der Waals surface area contributed by atoms with Gasteiger partial charge >= 0.3 is 0 Å². The van der Waals surface area contributed by atoms with Crippen molar-refractivity contribution in [3.8, 4) is 5.75 Å². The van der Waals surface area contributed by atoms with E-state index in [0.29, 0.717) is 16.3 Å². The molecule has 18 heavy (non-hydrogen) atoms. The minimum absolute atomic E-state index is 0.148. The fourth-order valence-electron chi connectivity index (χ4n) is 1.70. The summed E-state index contributed by atoms with van der Waals surface area (Å²) in [5.41, 5.74) is 6.74. The van der Waals surface area contributed by atoms with Crippen molar-refractivity contribution in [2.45, 2.75) is 6.04 Å². The van der Waals surface area contributed by atoms with Gasteiger partial charge in [0.1, 0.15) is 0 Å². The van der Waals surface area contributed by atoms with Gasteiger partial charge in [-0.3, -0.25) is 4.98 Å². The van der Waals surface area contributed by atoms with Crippen LogP contribution in [0.2, 0.25) is 5.02 Å². The van der Waals surface area contributed by atoms with Crippen LogP contribution in [0.5, 0.6) is 5.75 Å². The second kappa shape index (κ2) is 5.33. The summed E-state index contributed by atoms with van der Waals surface area (Å²) in [4.78, 5) is 4.09. The molecular weight excluding hydrogens is 255 g/mol. The monoisotopic (exact) mass is 266 g/mol. The van der Waals surface area contributed by atoms with E-state index in [9.17, 15) is 4.39 Å². The van der Waals surface area contributed by atoms with Crippen LogP contribution in [0.3, 0.4) is 0 Å². The van der Waals surface area contributed by atoms with Crippen LogP contribution in [0.25, 0.3) is 0 Å². The largest absolute Gasteiger partial charge is 0.494 e. The number of aromatic nitrogens is 1. The normalized spacial score (nSPS) is 12.2. The van der Waals surface area contributed by atoms with Crippen molar-refractivity contribution in [2.24, 2.45) is 5.73 Å². The molecule has 3 nitrogen and oxygen atoms in total. The number of pyridine rings is 1. The predicted molar refractivity (Wildman–Crippen MR) is 68.2 cm³/mol. The summed E-state index contributed by atoms with van der Waals surface area (Å²) >= 11 is 6.00. The van der Waals surface area contributed by atoms with Crippen molar-refractivity contribution in [1.29, 1.82) is 0 Å². The Morgan fingerprint density at radius 2 is 2.11 bits per heavy atom. The highest BCUT2D eigenvalue weighted by Gasteiger charge is 2.19. The van der Waals surface area contributed by atoms with Crippen molar-refractivity contribution < 1.29 is 9.13 Å². The second-order valence-electron chi connectivity index (χ2n) is 3.71. The fourth-order valence-corrected chi connectivity index (χ4v) is 1.94. The molecule has 0 aliphatic carbocycles. The maximum absolute atomic E-state index is 14.1. The predicted octanol–water partition coefficient (Wildman–Crippen LogP) is 2.93. The molecule has 0 amide bonds. The number of nitrogens with two attached hydrogens (primary N) is 1. The molecule has 0 bridgehead atoms. The SMILES string of the molecule is COc1cccc(C(N)c2ncccc2Cl)c1F. The highest BCUT2D eigenvalue weighted by atomic mass is 35.5. The van der Waals surface area contributed by atoms with Crippen LogP contribution in [0.4, 0.5) is 4.39 Å². The summed E-state index contributed by atoms with van der Waals surface area (Å²) in [6.45, 7) is 0. The molecule has 1 atom stereocenters. The molecule has 2 N–H and O–H groups in total. The third-order valence-corrected chi connectivity index (χ3v) is 2.95. The maximum atomic E-state index is 14.1. The van der Waals surface area contributed by atoms with Crippen molar-refractivity contribution in [2.75, 3.05) is 7.11 Å². The lowest BCUT2D eigenvalue weighted by molar-refractivity contribution is 0.383. The molecule has 0 radical (unpaired) electrons. The Kier molecular flexibility index (Phi) is 3.79. The fraction of sp³-hybridized carbons (Fsp3) is 0.154. The average Bonchev–Trinajstić information content (AvgIpc) is 2.39. The molecule has 1 aromatic carbocycles. The summed E-state index contributed by atoms with van der Waals surface area (Å²) in [7, 11) is 1.40. The van der Waals surface area contributed by atoms with Gasteiger partial charge in [0.25, 0.3) is 0 Å². The first-order valence-corrected chi connectivity index (χ1v) is 5.71. The molecule has 0 spiro atoms. The Hall–Kier alpha value is -1.65. The van der Waals surface area contributed by atoms with Gasteiger partial charge in [-0.25, -0.2) is 4.39 Å². The van der Waals surface area contributed by atoms with Gasteiger partial charge in [0.05, 0.1) is 23.9 Å². The molecule has 5 heteroatoms. The number of hydrogen-bond donors (Lipinski definition) is 1. The van der Waals surface area contributed by atoms with E-state index in [0.717, 1.165) is 0 Å². The van der Waals surface area contributed by atoms with E-state index in [1.807, 2.05) is 0 Å². The molecule has 0 saturated carbocycles. The van der Waals surface area contributed by atoms with Crippen LogP contribution in [0, 0.1) is 5.82 Å². The van der Waals surface area contributed by atoms with Crippen molar-refractivity contribution in [3.63, 3.8) is 0 Å². The molecule has 0 saturated heterocycles. The summed E-state index contributed by atoms with van der Waals surface area (Å²) in [5.74, 6) is -0.343. The number of rotatable bonds is 3. The molecular formula is C13H12ClFN2O. The van der Waals surface area contributed by atoms with E-state index in [4.69, 9.17) is 22.1 Å². The van der Waals surface area contributed by atoms with Crippen LogP contribution in [-0.4, -0.2) is 12.1 Å². The molecule has 2 rings (SSSR count). The molecule has 1 unspecified atom stereocenters. The molecule has 1 heterocycles. The van der Waals surface area contributed by atoms with Gasteiger partial charge in [0.15, 0.2) is 11.6 Å². The third kappa shape index (κ3) is 2.30. The zero-order valence-electron chi connectivity index (χ0n) is 9.73. The third-order valence-electron chi connectivity index (χ3n) is 2.63. The zero-order chi connectivity index (χ0) is 13.1. The number of methoxy groups -OCH3 is 1. The molecule has 2 aromatic rings. The van der Waals surface area contributed by atoms with E-state index < -0.39 is 11.9 Å². The minimum atomic E-state index is -0.728. The number of nitrogens with zero attached hydrogens (tertiary/aromatic N) is 1. The van der Waals surface area contributed by atoms with Crippen molar-refractivity contribution >= 4 is 11.6 Å². The van der Waals surface area contributed by atoms with Crippen molar-refractivity contribution in [3.05, 3.63) is 58.6 Å². The highest BCUT2D eigenvalue weighted by Crippen LogP contribution is 2.29. The lowest BCUT2D eigenvalue weighted by Gasteiger charge is -2.15. The molecule has 0 aliphatic heterocycles. The summed E-state index contributed by atoms with van der Waals surface area (Å²) in [5, 5.41) is 0.409. The Morgan fingerprint density at radius 1 is 1.33 bits per heavy atom. The first kappa shape index (κ1) is 12.8. The molecule has 0 fully saturated rings. The first-order valence-electron chi connectivity index (χ1n) is 5.33. The Morgan fingerprint density at radius 3 is 2.78 bits per heavy atom. The van der Waals surface area contributed by atoms with E-state index in [1.165, 1.54) is 13.2 Å². The van der Waals surface area contributed by atoms with E-state index in [-0.39, 0.29) is 5.75 Å². The van der Waals surface area contributed by atoms with Crippen LogP contribution in [0.15, 0.2) is 36.5 Å². The van der Waals surface area contributed by atoms with Gasteiger partial charge < -0.3 is 10.5 Å². The number of hydrogen-bond acceptors (Lipinski definition) is 3. The van der Waals surface area contributed by atoms with Crippen LogP contribution >= 0.6 is 11.6 Å². The van der Waals surface area contributed by atoms with E-state index in [2.05, 4.69) is 4.98 Å². The van der Waals surface area contributed by atoms with E-state index >= 15 is 0 Å². The zero-order valence-corrected chi connectivity index (χ0v) is 10.5. The lowest BCUT2D eigenvalue weighted by Crippen LogP contribution is -2.16. The van der Waals surface area contributed by atoms with Gasteiger partial charge in [-0.15, -0.1) is 0 Å². The quantitative estimate of drug-likeness (QED) is 0.929. The molecule has 1 aromatic heterocycles. The summed E-state index contributed by atoms with van der Waals surface area (Å²) < 4.78 is 19.0. The first-order chi connectivity index (χ1) is 8.65. The second-order valence-corrected chi connectivity index (χ2v) is 4.12. The van der Waals surface area contributed by atoms with Gasteiger partial charge in [0.2, 0.25) is 0 Å². The Balaban J connectivity index is 2.47. The van der Waals surface area contributed by atoms with Crippen LogP contribution in [0.1, 0.15) is 17.3 Å². The minimum Gasteiger partial charge on any atom is -0.494 e. The van der Waals surface area contributed by atoms with Gasteiger partial charge in [0, 0.05) is 11.8 Å². The molecule has 94 valence electrons. The smallest absolute Gasteiger partial charge is 0.170 e. The summed E-state index contributed by atoms with van der Waals surface area (Å²) in [6.07, 6.45) is 1.57. The average molecular weight is 267 g/mol. The van der Waals surface area contributed by atoms with Crippen LogP contribution in [-0.2, 0) is 0 Å². The topological polar surface area (TPSA) is 48.1 Å². The van der Waals surface area contributed by atoms with Crippen LogP contribution < -0.4 is 10.5 Å². The molecule has 0 aliphatic rings. The number of halogens is 2. The highest BCUT2D eigenvalue weighted by molar-refractivity contribution is 6.31.